The largest absolute Gasteiger partial charge is 0.339 e. The predicted octanol–water partition coefficient (Wildman–Crippen LogP) is 2.24. The summed E-state index contributed by atoms with van der Waals surface area (Å²) in [7, 11) is 1.55. The van der Waals surface area contributed by atoms with Gasteiger partial charge in [-0.1, -0.05) is 48.5 Å². The number of hydrogen-bond donors (Lipinski definition) is 0. The van der Waals surface area contributed by atoms with E-state index >= 15 is 0 Å². The molecule has 0 aliphatic carbocycles. The molecule has 0 saturated carbocycles. The lowest BCUT2D eigenvalue weighted by atomic mass is 10.1. The van der Waals surface area contributed by atoms with Crippen LogP contribution in [0, 0.1) is 0 Å². The Hall–Kier alpha value is -3.48. The normalized spacial score (nSPS) is 14.1. The van der Waals surface area contributed by atoms with Crippen molar-refractivity contribution in [3.8, 4) is 0 Å². The molecule has 160 valence electrons. The van der Waals surface area contributed by atoms with Crippen molar-refractivity contribution in [2.75, 3.05) is 26.2 Å². The van der Waals surface area contributed by atoms with Crippen LogP contribution in [0.15, 0.2) is 59.4 Å². The Morgan fingerprint density at radius 2 is 1.48 bits per heavy atom. The molecule has 2 amide bonds. The fraction of sp³-hybridized carbons (Fsp3) is 0.333. The second-order valence-electron chi connectivity index (χ2n) is 7.84. The summed E-state index contributed by atoms with van der Waals surface area (Å²) in [5.41, 5.74) is 1.29. The monoisotopic (exact) mass is 418 g/mol. The summed E-state index contributed by atoms with van der Waals surface area (Å²) in [6.07, 6.45) is 2.21. The lowest BCUT2D eigenvalue weighted by Gasteiger charge is -2.34. The minimum atomic E-state index is -0.224. The zero-order valence-electron chi connectivity index (χ0n) is 17.7. The Labute approximate surface area is 180 Å². The summed E-state index contributed by atoms with van der Waals surface area (Å²) in [5.74, 6) is -0.0725. The Bertz CT molecular complexity index is 1150. The van der Waals surface area contributed by atoms with E-state index in [-0.39, 0.29) is 23.1 Å². The SMILES string of the molecule is Cn1nc(C(=O)N2CCN(C(=O)CCCc3ccccc3)CC2)c2ccccc2c1=O. The van der Waals surface area contributed by atoms with Gasteiger partial charge in [-0.3, -0.25) is 14.4 Å². The number of aryl methyl sites for hydroxylation is 2. The van der Waals surface area contributed by atoms with Gasteiger partial charge in [0, 0.05) is 45.0 Å². The molecule has 7 nitrogen and oxygen atoms in total. The highest BCUT2D eigenvalue weighted by atomic mass is 16.2. The van der Waals surface area contributed by atoms with Gasteiger partial charge in [0.25, 0.3) is 11.5 Å². The number of piperazine rings is 1. The lowest BCUT2D eigenvalue weighted by Crippen LogP contribution is -2.51. The van der Waals surface area contributed by atoms with E-state index in [0.717, 1.165) is 12.8 Å². The van der Waals surface area contributed by atoms with Crippen LogP contribution in [0.2, 0.25) is 0 Å². The van der Waals surface area contributed by atoms with Crippen molar-refractivity contribution in [2.24, 2.45) is 7.05 Å². The number of carbonyl (C=O) groups is 2. The van der Waals surface area contributed by atoms with Crippen molar-refractivity contribution in [3.05, 3.63) is 76.2 Å². The molecular formula is C24H26N4O3. The molecular weight excluding hydrogens is 392 g/mol. The number of aromatic nitrogens is 2. The molecule has 0 unspecified atom stereocenters. The first kappa shape index (κ1) is 20.8. The van der Waals surface area contributed by atoms with Crippen LogP contribution >= 0.6 is 0 Å². The van der Waals surface area contributed by atoms with Gasteiger partial charge in [0.05, 0.1) is 5.39 Å². The average molecular weight is 418 g/mol. The van der Waals surface area contributed by atoms with Crippen molar-refractivity contribution in [1.29, 1.82) is 0 Å². The first-order valence-electron chi connectivity index (χ1n) is 10.6. The molecule has 2 aromatic carbocycles. The summed E-state index contributed by atoms with van der Waals surface area (Å²) in [6, 6.07) is 17.2. The predicted molar refractivity (Wildman–Crippen MR) is 119 cm³/mol. The van der Waals surface area contributed by atoms with Gasteiger partial charge in [-0.2, -0.15) is 5.10 Å². The first-order valence-corrected chi connectivity index (χ1v) is 10.6. The van der Waals surface area contributed by atoms with Crippen molar-refractivity contribution in [3.63, 3.8) is 0 Å². The van der Waals surface area contributed by atoms with Gasteiger partial charge in [-0.15, -0.1) is 0 Å². The smallest absolute Gasteiger partial charge is 0.275 e. The maximum atomic E-state index is 13.1. The Kier molecular flexibility index (Phi) is 6.11. The maximum Gasteiger partial charge on any atom is 0.275 e. The summed E-state index contributed by atoms with van der Waals surface area (Å²) < 4.78 is 1.21. The third kappa shape index (κ3) is 4.50. The number of fused-ring (bicyclic) bond motifs is 1. The summed E-state index contributed by atoms with van der Waals surface area (Å²) >= 11 is 0. The van der Waals surface area contributed by atoms with Crippen molar-refractivity contribution in [2.45, 2.75) is 19.3 Å². The number of nitrogens with zero attached hydrogens (tertiary/aromatic N) is 4. The van der Waals surface area contributed by atoms with Crippen LogP contribution in [-0.2, 0) is 18.3 Å². The topological polar surface area (TPSA) is 75.5 Å². The van der Waals surface area contributed by atoms with E-state index in [0.29, 0.717) is 43.4 Å². The molecule has 1 aliphatic heterocycles. The van der Waals surface area contributed by atoms with Gasteiger partial charge < -0.3 is 9.80 Å². The molecule has 31 heavy (non-hydrogen) atoms. The van der Waals surface area contributed by atoms with Gasteiger partial charge in [-0.25, -0.2) is 4.68 Å². The average Bonchev–Trinajstić information content (AvgIpc) is 2.82. The van der Waals surface area contributed by atoms with Crippen LogP contribution in [-0.4, -0.2) is 57.6 Å². The van der Waals surface area contributed by atoms with E-state index < -0.39 is 0 Å². The molecule has 0 atom stereocenters. The zero-order chi connectivity index (χ0) is 21.8. The molecule has 3 aromatic rings. The van der Waals surface area contributed by atoms with Gasteiger partial charge in [0.2, 0.25) is 5.91 Å². The minimum absolute atomic E-state index is 0.133. The molecule has 7 heteroatoms. The number of amides is 2. The standard InChI is InChI=1S/C24H26N4O3/c1-26-23(30)20-12-6-5-11-19(20)22(25-26)24(31)28-16-14-27(15-17-28)21(29)13-7-10-18-8-3-2-4-9-18/h2-6,8-9,11-12H,7,10,13-17H2,1H3. The molecule has 4 rings (SSSR count). The summed E-state index contributed by atoms with van der Waals surface area (Å²) in [5, 5.41) is 5.28. The third-order valence-corrected chi connectivity index (χ3v) is 5.78. The number of benzene rings is 2. The van der Waals surface area contributed by atoms with E-state index in [1.807, 2.05) is 23.1 Å². The molecule has 1 fully saturated rings. The van der Waals surface area contributed by atoms with Crippen molar-refractivity contribution >= 4 is 22.6 Å². The quantitative estimate of drug-likeness (QED) is 0.637. The molecule has 0 spiro atoms. The Morgan fingerprint density at radius 1 is 0.871 bits per heavy atom. The Morgan fingerprint density at radius 3 is 2.19 bits per heavy atom. The minimum Gasteiger partial charge on any atom is -0.339 e. The van der Waals surface area contributed by atoms with Crippen LogP contribution in [0.4, 0.5) is 0 Å². The summed E-state index contributed by atoms with van der Waals surface area (Å²) in [4.78, 5) is 41.5. The fourth-order valence-electron chi connectivity index (χ4n) is 4.01. The van der Waals surface area contributed by atoms with Gasteiger partial charge in [-0.05, 0) is 24.5 Å². The van der Waals surface area contributed by atoms with E-state index in [1.165, 1.54) is 10.2 Å². The number of carbonyl (C=O) groups excluding carboxylic acids is 2. The van der Waals surface area contributed by atoms with Crippen LogP contribution < -0.4 is 5.56 Å². The van der Waals surface area contributed by atoms with Crippen LogP contribution in [0.5, 0.6) is 0 Å². The zero-order valence-corrected chi connectivity index (χ0v) is 17.7. The van der Waals surface area contributed by atoms with Gasteiger partial charge >= 0.3 is 0 Å². The van der Waals surface area contributed by atoms with Crippen molar-refractivity contribution < 1.29 is 9.59 Å². The Balaban J connectivity index is 1.36. The molecule has 2 heterocycles. The first-order chi connectivity index (χ1) is 15.0. The highest BCUT2D eigenvalue weighted by Crippen LogP contribution is 2.17. The maximum absolute atomic E-state index is 13.1. The van der Waals surface area contributed by atoms with Crippen LogP contribution in [0.25, 0.3) is 10.8 Å². The van der Waals surface area contributed by atoms with Gasteiger partial charge in [0.15, 0.2) is 5.69 Å². The lowest BCUT2D eigenvalue weighted by molar-refractivity contribution is -0.132. The van der Waals surface area contributed by atoms with Crippen molar-refractivity contribution in [1.82, 2.24) is 19.6 Å². The molecule has 0 bridgehead atoms. The second kappa shape index (κ2) is 9.12. The third-order valence-electron chi connectivity index (χ3n) is 5.78. The fourth-order valence-corrected chi connectivity index (χ4v) is 4.01. The molecule has 1 aliphatic rings. The van der Waals surface area contributed by atoms with E-state index in [2.05, 4.69) is 17.2 Å². The highest BCUT2D eigenvalue weighted by Gasteiger charge is 2.27. The molecule has 0 radical (unpaired) electrons. The van der Waals surface area contributed by atoms with Crippen LogP contribution in [0.3, 0.4) is 0 Å². The summed E-state index contributed by atoms with van der Waals surface area (Å²) in [6.45, 7) is 1.95. The van der Waals surface area contributed by atoms with Gasteiger partial charge in [0.1, 0.15) is 0 Å². The van der Waals surface area contributed by atoms with Crippen LogP contribution in [0.1, 0.15) is 28.9 Å². The molecule has 1 saturated heterocycles. The van der Waals surface area contributed by atoms with E-state index in [9.17, 15) is 14.4 Å². The van der Waals surface area contributed by atoms with E-state index in [4.69, 9.17) is 0 Å². The highest BCUT2D eigenvalue weighted by molar-refractivity contribution is 6.04. The molecule has 0 N–H and O–H groups in total. The van der Waals surface area contributed by atoms with E-state index in [1.54, 1.807) is 36.2 Å². The molecule has 1 aromatic heterocycles. The number of hydrogen-bond acceptors (Lipinski definition) is 4. The number of rotatable bonds is 5. The second-order valence-corrected chi connectivity index (χ2v) is 7.84.